The van der Waals surface area contributed by atoms with Gasteiger partial charge in [-0.05, 0) is 36.0 Å². The summed E-state index contributed by atoms with van der Waals surface area (Å²) < 4.78 is 0. The van der Waals surface area contributed by atoms with Crippen molar-refractivity contribution in [2.75, 3.05) is 13.1 Å². The zero-order valence-electron chi connectivity index (χ0n) is 6.43. The number of carbonyl (C=O) groups is 2. The summed E-state index contributed by atoms with van der Waals surface area (Å²) in [7, 11) is 0. The zero-order valence-corrected chi connectivity index (χ0v) is 7.94. The molecule has 1 rings (SSSR count). The van der Waals surface area contributed by atoms with E-state index in [2.05, 4.69) is 0 Å². The van der Waals surface area contributed by atoms with Gasteiger partial charge < -0.3 is 4.90 Å². The highest BCUT2D eigenvalue weighted by Gasteiger charge is 2.25. The van der Waals surface area contributed by atoms with Gasteiger partial charge in [-0.25, -0.2) is 0 Å². The van der Waals surface area contributed by atoms with Crippen molar-refractivity contribution in [3.05, 3.63) is 0 Å². The second kappa shape index (κ2) is 4.10. The van der Waals surface area contributed by atoms with Crippen molar-refractivity contribution in [2.24, 2.45) is 5.92 Å². The van der Waals surface area contributed by atoms with Gasteiger partial charge in [0.05, 0.1) is 0 Å². The van der Waals surface area contributed by atoms with Crippen LogP contribution in [0.2, 0.25) is 0 Å². The number of likely N-dealkylation sites (tertiary alicyclic amines) is 1. The van der Waals surface area contributed by atoms with Crippen LogP contribution < -0.4 is 0 Å². The lowest BCUT2D eigenvalue weighted by Crippen LogP contribution is -2.36. The maximum absolute atomic E-state index is 10.7. The van der Waals surface area contributed by atoms with Crippen LogP contribution >= 0.6 is 23.2 Å². The predicted molar refractivity (Wildman–Crippen MR) is 46.4 cm³/mol. The SMILES string of the molecule is O=C(Cl)C1CCN(C(=O)Cl)CC1. The highest BCUT2D eigenvalue weighted by Crippen LogP contribution is 2.20. The van der Waals surface area contributed by atoms with E-state index < -0.39 is 5.37 Å². The molecule has 1 amide bonds. The van der Waals surface area contributed by atoms with E-state index in [0.29, 0.717) is 25.9 Å². The summed E-state index contributed by atoms with van der Waals surface area (Å²) in [6.07, 6.45) is 1.25. The van der Waals surface area contributed by atoms with E-state index in [1.54, 1.807) is 0 Å². The van der Waals surface area contributed by atoms with E-state index >= 15 is 0 Å². The summed E-state index contributed by atoms with van der Waals surface area (Å²) in [5.41, 5.74) is 0. The lowest BCUT2D eigenvalue weighted by molar-refractivity contribution is -0.116. The average Bonchev–Trinajstić information content (AvgIpc) is 2.04. The lowest BCUT2D eigenvalue weighted by Gasteiger charge is -2.28. The Morgan fingerprint density at radius 1 is 1.17 bits per heavy atom. The van der Waals surface area contributed by atoms with Crippen LogP contribution in [-0.4, -0.2) is 28.6 Å². The van der Waals surface area contributed by atoms with Crippen LogP contribution in [0.4, 0.5) is 4.79 Å². The Morgan fingerprint density at radius 2 is 1.67 bits per heavy atom. The molecule has 0 saturated carbocycles. The Bertz CT molecular complexity index is 178. The standard InChI is InChI=1S/C7H9Cl2NO2/c8-6(11)5-1-3-10(4-2-5)7(9)12/h5H,1-4H2. The minimum atomic E-state index is -0.449. The largest absolute Gasteiger partial charge is 0.329 e. The van der Waals surface area contributed by atoms with Crippen LogP contribution in [0.5, 0.6) is 0 Å². The van der Waals surface area contributed by atoms with E-state index in [1.165, 1.54) is 4.90 Å². The highest BCUT2D eigenvalue weighted by molar-refractivity contribution is 6.64. The van der Waals surface area contributed by atoms with Crippen molar-refractivity contribution < 1.29 is 9.59 Å². The highest BCUT2D eigenvalue weighted by atomic mass is 35.5. The van der Waals surface area contributed by atoms with Gasteiger partial charge in [0.1, 0.15) is 0 Å². The van der Waals surface area contributed by atoms with Crippen LogP contribution in [-0.2, 0) is 4.79 Å². The van der Waals surface area contributed by atoms with Gasteiger partial charge in [-0.1, -0.05) is 0 Å². The molecule has 3 nitrogen and oxygen atoms in total. The van der Waals surface area contributed by atoms with E-state index in [9.17, 15) is 9.59 Å². The molecule has 12 heavy (non-hydrogen) atoms. The van der Waals surface area contributed by atoms with E-state index in [-0.39, 0.29) is 11.2 Å². The van der Waals surface area contributed by atoms with Gasteiger partial charge in [-0.15, -0.1) is 0 Å². The topological polar surface area (TPSA) is 37.4 Å². The first-order valence-electron chi connectivity index (χ1n) is 3.75. The Labute approximate surface area is 80.6 Å². The van der Waals surface area contributed by atoms with Crippen molar-refractivity contribution in [1.82, 2.24) is 4.90 Å². The lowest BCUT2D eigenvalue weighted by atomic mass is 9.99. The van der Waals surface area contributed by atoms with E-state index in [0.717, 1.165) is 0 Å². The van der Waals surface area contributed by atoms with E-state index in [4.69, 9.17) is 23.2 Å². The molecule has 0 unspecified atom stereocenters. The molecule has 5 heteroatoms. The molecule has 0 aliphatic carbocycles. The van der Waals surface area contributed by atoms with Gasteiger partial charge in [0.15, 0.2) is 0 Å². The van der Waals surface area contributed by atoms with Crippen LogP contribution in [0.25, 0.3) is 0 Å². The molecule has 0 bridgehead atoms. The first-order valence-corrected chi connectivity index (χ1v) is 4.50. The fourth-order valence-electron chi connectivity index (χ4n) is 1.28. The Kier molecular flexibility index (Phi) is 3.35. The van der Waals surface area contributed by atoms with Gasteiger partial charge in [0, 0.05) is 19.0 Å². The fraction of sp³-hybridized carbons (Fsp3) is 0.714. The molecular weight excluding hydrogens is 201 g/mol. The van der Waals surface area contributed by atoms with Crippen molar-refractivity contribution in [3.8, 4) is 0 Å². The Balaban J connectivity index is 2.39. The predicted octanol–water partition coefficient (Wildman–Crippen LogP) is 1.82. The number of nitrogens with zero attached hydrogens (tertiary/aromatic N) is 1. The molecule has 1 aliphatic heterocycles. The van der Waals surface area contributed by atoms with Crippen LogP contribution in [0, 0.1) is 5.92 Å². The normalized spacial score (nSPS) is 19.3. The minimum absolute atomic E-state index is 0.0982. The molecule has 1 heterocycles. The third-order valence-corrected chi connectivity index (χ3v) is 2.61. The molecular formula is C7H9Cl2NO2. The molecule has 0 aromatic rings. The first-order chi connectivity index (χ1) is 5.61. The third kappa shape index (κ3) is 2.35. The van der Waals surface area contributed by atoms with Crippen molar-refractivity contribution in [3.63, 3.8) is 0 Å². The minimum Gasteiger partial charge on any atom is -0.329 e. The van der Waals surface area contributed by atoms with Crippen LogP contribution in [0.1, 0.15) is 12.8 Å². The number of hydrogen-bond acceptors (Lipinski definition) is 2. The summed E-state index contributed by atoms with van der Waals surface area (Å²) in [6, 6.07) is 0. The molecule has 0 aromatic carbocycles. The van der Waals surface area contributed by atoms with Crippen LogP contribution in [0.15, 0.2) is 0 Å². The van der Waals surface area contributed by atoms with Gasteiger partial charge >= 0.3 is 5.37 Å². The van der Waals surface area contributed by atoms with Gasteiger partial charge in [0.2, 0.25) is 5.24 Å². The first kappa shape index (κ1) is 9.81. The molecule has 0 N–H and O–H groups in total. The van der Waals surface area contributed by atoms with Crippen molar-refractivity contribution >= 4 is 33.8 Å². The number of piperidine rings is 1. The molecule has 1 saturated heterocycles. The average molecular weight is 210 g/mol. The quantitative estimate of drug-likeness (QED) is 0.489. The second-order valence-corrected chi connectivity index (χ2v) is 3.51. The molecule has 0 aromatic heterocycles. The van der Waals surface area contributed by atoms with E-state index in [1.807, 2.05) is 0 Å². The molecule has 0 radical (unpaired) electrons. The summed E-state index contributed by atoms with van der Waals surface area (Å²) in [4.78, 5) is 22.9. The van der Waals surface area contributed by atoms with Crippen LogP contribution in [0.3, 0.4) is 0 Å². The Hall–Kier alpha value is -0.280. The van der Waals surface area contributed by atoms with Gasteiger partial charge in [0.25, 0.3) is 0 Å². The smallest absolute Gasteiger partial charge is 0.316 e. The summed E-state index contributed by atoms with van der Waals surface area (Å²) in [6.45, 7) is 1.07. The van der Waals surface area contributed by atoms with Crippen molar-refractivity contribution in [1.29, 1.82) is 0 Å². The monoisotopic (exact) mass is 209 g/mol. The fourth-order valence-corrected chi connectivity index (χ4v) is 1.67. The maximum Gasteiger partial charge on any atom is 0.316 e. The Morgan fingerprint density at radius 3 is 2.00 bits per heavy atom. The maximum atomic E-state index is 10.7. The number of rotatable bonds is 1. The second-order valence-electron chi connectivity index (χ2n) is 2.82. The summed E-state index contributed by atoms with van der Waals surface area (Å²) in [5.74, 6) is -0.0982. The molecule has 1 aliphatic rings. The molecule has 0 spiro atoms. The summed E-state index contributed by atoms with van der Waals surface area (Å²) in [5, 5.41) is -0.757. The number of amides is 1. The van der Waals surface area contributed by atoms with Gasteiger partial charge in [-0.3, -0.25) is 9.59 Å². The molecule has 68 valence electrons. The third-order valence-electron chi connectivity index (χ3n) is 2.06. The summed E-state index contributed by atoms with van der Waals surface area (Å²) >= 11 is 10.6. The number of hydrogen-bond donors (Lipinski definition) is 0. The van der Waals surface area contributed by atoms with Gasteiger partial charge in [-0.2, -0.15) is 0 Å². The molecule has 1 fully saturated rings. The molecule has 0 atom stereocenters. The number of halogens is 2. The zero-order chi connectivity index (χ0) is 9.14. The van der Waals surface area contributed by atoms with Crippen molar-refractivity contribution in [2.45, 2.75) is 12.8 Å². The number of carbonyl (C=O) groups excluding carboxylic acids is 2.